The fourth-order valence-corrected chi connectivity index (χ4v) is 6.38. The van der Waals surface area contributed by atoms with E-state index in [1.165, 1.54) is 0 Å². The SMILES string of the molecule is C=CCC1(S(=O)(=O)c2ccccc2)C(c2cccc(Cl)c2)N1c1ccccc1. The molecule has 0 N–H and O–H groups in total. The molecule has 1 aliphatic heterocycles. The lowest BCUT2D eigenvalue weighted by Crippen LogP contribution is -2.30. The smallest absolute Gasteiger partial charge is 0.205 e. The standard InChI is InChI=1S/C23H20ClNO2S/c1-2-16-23(28(26,27)21-14-7-4-8-15-21)22(18-10-9-11-19(24)17-18)25(23)20-12-5-3-6-13-20/h2-15,17,22H,1,16H2. The fraction of sp³-hybridized carbons (Fsp3) is 0.130. The summed E-state index contributed by atoms with van der Waals surface area (Å²) in [6.45, 7) is 3.85. The second-order valence-corrected chi connectivity index (χ2v) is 9.44. The maximum absolute atomic E-state index is 13.8. The highest BCUT2D eigenvalue weighted by Crippen LogP contribution is 2.62. The summed E-state index contributed by atoms with van der Waals surface area (Å²) in [5.41, 5.74) is 1.73. The van der Waals surface area contributed by atoms with Gasteiger partial charge in [-0.25, -0.2) is 8.42 Å². The maximum atomic E-state index is 13.8. The molecule has 3 aromatic rings. The van der Waals surface area contributed by atoms with E-state index >= 15 is 0 Å². The van der Waals surface area contributed by atoms with Crippen LogP contribution in [0.25, 0.3) is 0 Å². The van der Waals surface area contributed by atoms with Gasteiger partial charge in [0.2, 0.25) is 9.84 Å². The lowest BCUT2D eigenvalue weighted by molar-refractivity contribution is 0.574. The van der Waals surface area contributed by atoms with Crippen LogP contribution in [0.3, 0.4) is 0 Å². The minimum Gasteiger partial charge on any atom is -0.339 e. The topological polar surface area (TPSA) is 37.1 Å². The quantitative estimate of drug-likeness (QED) is 0.390. The molecular formula is C23H20ClNO2S. The Morgan fingerprint density at radius 1 is 0.964 bits per heavy atom. The van der Waals surface area contributed by atoms with Crippen LogP contribution in [0.4, 0.5) is 5.69 Å². The van der Waals surface area contributed by atoms with E-state index in [1.807, 2.05) is 59.5 Å². The predicted octanol–water partition coefficient (Wildman–Crippen LogP) is 5.65. The molecule has 0 radical (unpaired) electrons. The third-order valence-electron chi connectivity index (χ3n) is 5.18. The Balaban J connectivity index is 1.93. The number of para-hydroxylation sites is 1. The molecule has 1 heterocycles. The Labute approximate surface area is 170 Å². The Morgan fingerprint density at radius 3 is 2.21 bits per heavy atom. The van der Waals surface area contributed by atoms with Gasteiger partial charge in [0.25, 0.3) is 0 Å². The van der Waals surface area contributed by atoms with Gasteiger partial charge in [0.05, 0.1) is 10.9 Å². The van der Waals surface area contributed by atoms with Crippen LogP contribution in [-0.2, 0) is 9.84 Å². The third kappa shape index (κ3) is 2.84. The molecular weight excluding hydrogens is 390 g/mol. The lowest BCUT2D eigenvalue weighted by atomic mass is 10.1. The molecule has 28 heavy (non-hydrogen) atoms. The van der Waals surface area contributed by atoms with Gasteiger partial charge in [0.1, 0.15) is 0 Å². The normalized spacial score (nSPS) is 21.3. The summed E-state index contributed by atoms with van der Waals surface area (Å²) in [6.07, 6.45) is 1.98. The maximum Gasteiger partial charge on any atom is 0.205 e. The molecule has 0 spiro atoms. The van der Waals surface area contributed by atoms with Crippen molar-refractivity contribution in [3.8, 4) is 0 Å². The summed E-state index contributed by atoms with van der Waals surface area (Å²) >= 11 is 6.22. The van der Waals surface area contributed by atoms with Crippen molar-refractivity contribution in [2.75, 3.05) is 4.90 Å². The molecule has 0 saturated carbocycles. The van der Waals surface area contributed by atoms with Gasteiger partial charge in [-0.15, -0.1) is 6.58 Å². The van der Waals surface area contributed by atoms with Crippen molar-refractivity contribution < 1.29 is 8.42 Å². The summed E-state index contributed by atoms with van der Waals surface area (Å²) in [5, 5.41) is 0.585. The van der Waals surface area contributed by atoms with Crippen LogP contribution in [0.1, 0.15) is 18.0 Å². The summed E-state index contributed by atoms with van der Waals surface area (Å²) in [5.74, 6) is 0. The van der Waals surface area contributed by atoms with Crippen molar-refractivity contribution in [2.45, 2.75) is 22.2 Å². The van der Waals surface area contributed by atoms with Crippen LogP contribution in [0.5, 0.6) is 0 Å². The average Bonchev–Trinajstić information content (AvgIpc) is 3.40. The van der Waals surface area contributed by atoms with E-state index < -0.39 is 14.7 Å². The first kappa shape index (κ1) is 18.8. The summed E-state index contributed by atoms with van der Waals surface area (Å²) in [4.78, 5) is 1.13. The van der Waals surface area contributed by atoms with E-state index in [9.17, 15) is 8.42 Å². The Kier molecular flexibility index (Phi) is 4.77. The van der Waals surface area contributed by atoms with Crippen LogP contribution >= 0.6 is 11.6 Å². The molecule has 4 rings (SSSR count). The summed E-state index contributed by atoms with van der Waals surface area (Å²) < 4.78 is 27.7. The monoisotopic (exact) mass is 409 g/mol. The van der Waals surface area contributed by atoms with Gasteiger partial charge < -0.3 is 4.90 Å². The summed E-state index contributed by atoms with van der Waals surface area (Å²) in [6, 6.07) is 25.3. The number of nitrogens with zero attached hydrogens (tertiary/aromatic N) is 1. The van der Waals surface area contributed by atoms with Crippen molar-refractivity contribution >= 4 is 27.1 Å². The Morgan fingerprint density at radius 2 is 1.61 bits per heavy atom. The summed E-state index contributed by atoms with van der Waals surface area (Å²) in [7, 11) is -3.69. The fourth-order valence-electron chi connectivity index (χ4n) is 3.96. The second-order valence-electron chi connectivity index (χ2n) is 6.82. The molecule has 0 aliphatic carbocycles. The highest BCUT2D eigenvalue weighted by molar-refractivity contribution is 7.93. The van der Waals surface area contributed by atoms with E-state index in [1.54, 1.807) is 36.4 Å². The Hall–Kier alpha value is -2.56. The van der Waals surface area contributed by atoms with Crippen molar-refractivity contribution in [3.63, 3.8) is 0 Å². The zero-order valence-corrected chi connectivity index (χ0v) is 16.8. The molecule has 0 aromatic heterocycles. The average molecular weight is 410 g/mol. The first-order valence-electron chi connectivity index (χ1n) is 9.03. The second kappa shape index (κ2) is 7.12. The zero-order chi connectivity index (χ0) is 19.8. The van der Waals surface area contributed by atoms with E-state index in [0.717, 1.165) is 11.3 Å². The number of rotatable bonds is 6. The van der Waals surface area contributed by atoms with Crippen molar-refractivity contribution in [3.05, 3.63) is 108 Å². The molecule has 1 aliphatic rings. The van der Waals surface area contributed by atoms with Gasteiger partial charge in [-0.3, -0.25) is 0 Å². The third-order valence-corrected chi connectivity index (χ3v) is 7.83. The molecule has 5 heteroatoms. The molecule has 142 valence electrons. The number of halogens is 1. The number of hydrogen-bond acceptors (Lipinski definition) is 3. The number of hydrogen-bond donors (Lipinski definition) is 0. The van der Waals surface area contributed by atoms with Crippen molar-refractivity contribution in [1.29, 1.82) is 0 Å². The van der Waals surface area contributed by atoms with Crippen LogP contribution in [0, 0.1) is 0 Å². The molecule has 1 saturated heterocycles. The molecule has 2 unspecified atom stereocenters. The van der Waals surface area contributed by atoms with Gasteiger partial charge in [-0.2, -0.15) is 0 Å². The minimum atomic E-state index is -3.69. The van der Waals surface area contributed by atoms with Crippen molar-refractivity contribution in [2.24, 2.45) is 0 Å². The van der Waals surface area contributed by atoms with E-state index in [0.29, 0.717) is 16.3 Å². The molecule has 2 atom stereocenters. The van der Waals surface area contributed by atoms with Crippen LogP contribution in [0.2, 0.25) is 5.02 Å². The number of benzene rings is 3. The van der Waals surface area contributed by atoms with Crippen LogP contribution in [0.15, 0.2) is 102 Å². The Bertz CT molecular complexity index is 1100. The molecule has 0 bridgehead atoms. The predicted molar refractivity (Wildman–Crippen MR) is 114 cm³/mol. The molecule has 0 amide bonds. The first-order chi connectivity index (χ1) is 13.5. The van der Waals surface area contributed by atoms with Crippen LogP contribution in [-0.4, -0.2) is 13.3 Å². The van der Waals surface area contributed by atoms with E-state index in [-0.39, 0.29) is 6.04 Å². The number of anilines is 1. The van der Waals surface area contributed by atoms with E-state index in [4.69, 9.17) is 11.6 Å². The van der Waals surface area contributed by atoms with Gasteiger partial charge in [-0.05, 0) is 42.0 Å². The highest BCUT2D eigenvalue weighted by atomic mass is 35.5. The van der Waals surface area contributed by atoms with Gasteiger partial charge in [-0.1, -0.05) is 66.2 Å². The number of sulfone groups is 1. The largest absolute Gasteiger partial charge is 0.339 e. The van der Waals surface area contributed by atoms with Crippen molar-refractivity contribution in [1.82, 2.24) is 0 Å². The first-order valence-corrected chi connectivity index (χ1v) is 10.9. The van der Waals surface area contributed by atoms with Crippen LogP contribution < -0.4 is 4.90 Å². The molecule has 3 nitrogen and oxygen atoms in total. The lowest BCUT2D eigenvalue weighted by Gasteiger charge is -2.18. The van der Waals surface area contributed by atoms with Gasteiger partial charge >= 0.3 is 0 Å². The zero-order valence-electron chi connectivity index (χ0n) is 15.2. The van der Waals surface area contributed by atoms with E-state index in [2.05, 4.69) is 6.58 Å². The van der Waals surface area contributed by atoms with Gasteiger partial charge in [0, 0.05) is 17.1 Å². The molecule has 3 aromatic carbocycles. The minimum absolute atomic E-state index is 0.302. The highest BCUT2D eigenvalue weighted by Gasteiger charge is 2.71. The molecule has 1 fully saturated rings. The van der Waals surface area contributed by atoms with Gasteiger partial charge in [0.15, 0.2) is 4.87 Å².